The molecule has 0 spiro atoms. The summed E-state index contributed by atoms with van der Waals surface area (Å²) in [6, 6.07) is 0. The van der Waals surface area contributed by atoms with Gasteiger partial charge in [0.15, 0.2) is 0 Å². The molecule has 0 rings (SSSR count). The van der Waals surface area contributed by atoms with Gasteiger partial charge in [-0.1, -0.05) is 26.7 Å². The van der Waals surface area contributed by atoms with E-state index >= 15 is 0 Å². The van der Waals surface area contributed by atoms with Crippen LogP contribution in [0.3, 0.4) is 0 Å². The van der Waals surface area contributed by atoms with Gasteiger partial charge in [-0.25, -0.2) is 0 Å². The summed E-state index contributed by atoms with van der Waals surface area (Å²) in [4.78, 5) is 0. The summed E-state index contributed by atoms with van der Waals surface area (Å²) in [5.41, 5.74) is 0. The summed E-state index contributed by atoms with van der Waals surface area (Å²) in [6.07, 6.45) is 2.28. The molecule has 5 heavy (non-hydrogen) atoms. The van der Waals surface area contributed by atoms with Gasteiger partial charge >= 0.3 is 37.7 Å². The predicted octanol–water partition coefficient (Wildman–Crippen LogP) is 0.704. The third kappa shape index (κ3) is 10.9. The van der Waals surface area contributed by atoms with Crippen LogP contribution in [0.15, 0.2) is 0 Å². The fourth-order valence-corrected chi connectivity index (χ4v) is 0. The molecule has 0 nitrogen and oxygen atoms in total. The van der Waals surface area contributed by atoms with Crippen molar-refractivity contribution >= 4 is 37.7 Å². The van der Waals surface area contributed by atoms with E-state index in [4.69, 9.17) is 0 Å². The number of hydrogen-bond acceptors (Lipinski definition) is 0. The fraction of sp³-hybridized carbons (Fsp3) is 0.750. The molecule has 0 aliphatic carbocycles. The molecule has 0 unspecified atom stereocenters. The first-order chi connectivity index (χ1) is 1.91. The molecular formula is C4H11Ca. The number of hydrogen-bond donors (Lipinski definition) is 0. The first kappa shape index (κ1) is 9.54. The van der Waals surface area contributed by atoms with Crippen molar-refractivity contribution in [3.63, 3.8) is 0 Å². The Morgan fingerprint density at radius 3 is 1.80 bits per heavy atom. The molecule has 0 saturated carbocycles. The summed E-state index contributed by atoms with van der Waals surface area (Å²) in [6.45, 7) is 5.72. The van der Waals surface area contributed by atoms with Crippen LogP contribution in [-0.4, -0.2) is 37.7 Å². The van der Waals surface area contributed by atoms with Gasteiger partial charge in [-0.15, -0.1) is 0 Å². The molecular weight excluding hydrogens is 88.1 g/mol. The third-order valence-corrected chi connectivity index (χ3v) is 0.354. The topological polar surface area (TPSA) is 0 Å². The van der Waals surface area contributed by atoms with Crippen LogP contribution >= 0.6 is 0 Å². The Morgan fingerprint density at radius 1 is 1.60 bits per heavy atom. The standard InChI is InChI=1S/C4H9.Ca.2H/c1-3-4-2;;;/h1,3-4H2,2H3;;;. The quantitative estimate of drug-likeness (QED) is 0.425. The minimum atomic E-state index is 0. The zero-order chi connectivity index (χ0) is 3.41. The van der Waals surface area contributed by atoms with E-state index in [-0.39, 0.29) is 37.7 Å². The minimum absolute atomic E-state index is 0. The second-order valence-electron chi connectivity index (χ2n) is 0.854. The van der Waals surface area contributed by atoms with E-state index in [9.17, 15) is 0 Å². The van der Waals surface area contributed by atoms with E-state index in [1.165, 1.54) is 6.42 Å². The van der Waals surface area contributed by atoms with Crippen molar-refractivity contribution in [2.45, 2.75) is 19.8 Å². The molecule has 0 aliphatic rings. The van der Waals surface area contributed by atoms with Gasteiger partial charge in [-0.3, -0.25) is 0 Å². The Morgan fingerprint density at radius 2 is 1.80 bits per heavy atom. The third-order valence-electron chi connectivity index (χ3n) is 0.354. The van der Waals surface area contributed by atoms with E-state index in [2.05, 4.69) is 13.8 Å². The predicted molar refractivity (Wildman–Crippen MR) is 28.8 cm³/mol. The van der Waals surface area contributed by atoms with Gasteiger partial charge in [-0.05, 0) is 0 Å². The van der Waals surface area contributed by atoms with Gasteiger partial charge in [0.1, 0.15) is 0 Å². The van der Waals surface area contributed by atoms with Gasteiger partial charge in [0, 0.05) is 0 Å². The average Bonchev–Trinajstić information content (AvgIpc) is 1.37. The molecule has 0 aromatic carbocycles. The SMILES string of the molecule is [CH2]CCC.[CaH2]. The van der Waals surface area contributed by atoms with Crippen molar-refractivity contribution in [1.29, 1.82) is 0 Å². The van der Waals surface area contributed by atoms with Crippen LogP contribution in [0.1, 0.15) is 19.8 Å². The van der Waals surface area contributed by atoms with E-state index < -0.39 is 0 Å². The number of unbranched alkanes of at least 4 members (excludes halogenated alkanes) is 1. The van der Waals surface area contributed by atoms with Crippen molar-refractivity contribution in [3.8, 4) is 0 Å². The van der Waals surface area contributed by atoms with Crippen molar-refractivity contribution in [3.05, 3.63) is 6.92 Å². The Hall–Kier alpha value is 1.26. The maximum atomic E-state index is 3.60. The van der Waals surface area contributed by atoms with Crippen LogP contribution in [0.2, 0.25) is 0 Å². The van der Waals surface area contributed by atoms with Gasteiger partial charge in [0.05, 0.1) is 0 Å². The molecule has 1 radical (unpaired) electrons. The molecule has 0 aromatic rings. The Labute approximate surface area is 63.9 Å². The Kier molecular flexibility index (Phi) is 17.1. The van der Waals surface area contributed by atoms with Crippen molar-refractivity contribution in [1.82, 2.24) is 0 Å². The van der Waals surface area contributed by atoms with Gasteiger partial charge in [0.25, 0.3) is 0 Å². The second kappa shape index (κ2) is 8.98. The zero-order valence-electron chi connectivity index (χ0n) is 3.12. The first-order valence-corrected chi connectivity index (χ1v) is 1.71. The summed E-state index contributed by atoms with van der Waals surface area (Å²) < 4.78 is 0. The molecule has 1 heteroatoms. The van der Waals surface area contributed by atoms with Crippen molar-refractivity contribution < 1.29 is 0 Å². The van der Waals surface area contributed by atoms with E-state index in [1.807, 2.05) is 0 Å². The summed E-state index contributed by atoms with van der Waals surface area (Å²) in [7, 11) is 0. The molecule has 0 N–H and O–H groups in total. The molecule has 0 bridgehead atoms. The molecule has 0 atom stereocenters. The van der Waals surface area contributed by atoms with E-state index in [0.29, 0.717) is 0 Å². The van der Waals surface area contributed by atoms with Gasteiger partial charge in [0.2, 0.25) is 0 Å². The summed E-state index contributed by atoms with van der Waals surface area (Å²) >= 11 is 0. The Bertz CT molecular complexity index is 5.61. The van der Waals surface area contributed by atoms with Crippen LogP contribution in [0.25, 0.3) is 0 Å². The van der Waals surface area contributed by atoms with E-state index in [0.717, 1.165) is 6.42 Å². The Balaban J connectivity index is 0. The van der Waals surface area contributed by atoms with Crippen LogP contribution in [0, 0.1) is 6.92 Å². The van der Waals surface area contributed by atoms with Gasteiger partial charge in [-0.2, -0.15) is 0 Å². The van der Waals surface area contributed by atoms with Crippen LogP contribution in [-0.2, 0) is 0 Å². The van der Waals surface area contributed by atoms with Crippen LogP contribution in [0.4, 0.5) is 0 Å². The van der Waals surface area contributed by atoms with Crippen molar-refractivity contribution in [2.24, 2.45) is 0 Å². The first-order valence-electron chi connectivity index (χ1n) is 1.71. The summed E-state index contributed by atoms with van der Waals surface area (Å²) in [5, 5.41) is 0. The molecule has 29 valence electrons. The second-order valence-corrected chi connectivity index (χ2v) is 0.854. The molecule has 0 saturated heterocycles. The van der Waals surface area contributed by atoms with Gasteiger partial charge < -0.3 is 0 Å². The monoisotopic (exact) mass is 99.0 g/mol. The average molecular weight is 99.2 g/mol. The molecule has 0 fully saturated rings. The zero-order valence-corrected chi connectivity index (χ0v) is 3.12. The molecule has 0 aromatic heterocycles. The van der Waals surface area contributed by atoms with E-state index in [1.54, 1.807) is 0 Å². The molecule has 0 aliphatic heterocycles. The molecule has 0 amide bonds. The normalized spacial score (nSPS) is 6.00. The van der Waals surface area contributed by atoms with Crippen LogP contribution in [0.5, 0.6) is 0 Å². The fourth-order valence-electron chi connectivity index (χ4n) is 0. The number of rotatable bonds is 1. The van der Waals surface area contributed by atoms with Crippen molar-refractivity contribution in [2.75, 3.05) is 0 Å². The van der Waals surface area contributed by atoms with Crippen LogP contribution < -0.4 is 0 Å². The maximum absolute atomic E-state index is 3.60. The molecule has 0 heterocycles. The summed E-state index contributed by atoms with van der Waals surface area (Å²) in [5.74, 6) is 0.